The number of anilines is 1. The molecule has 0 saturated carbocycles. The maximum Gasteiger partial charge on any atom is 0.139 e. The summed E-state index contributed by atoms with van der Waals surface area (Å²) in [5.74, 6) is 0.915. The van der Waals surface area contributed by atoms with Crippen molar-refractivity contribution in [2.75, 3.05) is 18.5 Å². The number of nitrogens with zero attached hydrogens (tertiary/aromatic N) is 1. The molecule has 0 bridgehead atoms. The molecule has 1 aliphatic heterocycles. The normalized spacial score (nSPS) is 17.8. The molecule has 3 rings (SSSR count). The third-order valence-corrected chi connectivity index (χ3v) is 2.94. The monoisotopic (exact) mass is 218 g/mol. The van der Waals surface area contributed by atoms with E-state index in [-0.39, 0.29) is 0 Å². The molecule has 0 amide bonds. The average Bonchev–Trinajstić information content (AvgIpc) is 2.80. The van der Waals surface area contributed by atoms with E-state index in [4.69, 9.17) is 9.15 Å². The molecular weight excluding hydrogens is 204 g/mol. The van der Waals surface area contributed by atoms with Crippen LogP contribution in [0.25, 0.3) is 11.0 Å². The lowest BCUT2D eigenvalue weighted by Gasteiger charge is -2.23. The smallest absolute Gasteiger partial charge is 0.139 e. The van der Waals surface area contributed by atoms with Gasteiger partial charge in [-0.3, -0.25) is 0 Å². The van der Waals surface area contributed by atoms with E-state index in [1.54, 1.807) is 12.5 Å². The first-order valence-electron chi connectivity index (χ1n) is 5.60. The number of fused-ring (bicyclic) bond motifs is 1. The van der Waals surface area contributed by atoms with Gasteiger partial charge in [0.15, 0.2) is 0 Å². The van der Waals surface area contributed by atoms with Gasteiger partial charge in [0, 0.05) is 25.5 Å². The summed E-state index contributed by atoms with van der Waals surface area (Å²) in [6.45, 7) is 1.66. The Balaban J connectivity index is 1.85. The van der Waals surface area contributed by atoms with Crippen LogP contribution in [0.2, 0.25) is 0 Å². The van der Waals surface area contributed by atoms with E-state index < -0.39 is 0 Å². The fourth-order valence-corrected chi connectivity index (χ4v) is 2.05. The summed E-state index contributed by atoms with van der Waals surface area (Å²) < 4.78 is 10.7. The molecule has 1 fully saturated rings. The van der Waals surface area contributed by atoms with Gasteiger partial charge in [0.1, 0.15) is 11.4 Å². The molecule has 0 spiro atoms. The van der Waals surface area contributed by atoms with Gasteiger partial charge in [0.05, 0.1) is 11.6 Å². The van der Waals surface area contributed by atoms with E-state index in [1.807, 2.05) is 12.1 Å². The van der Waals surface area contributed by atoms with Crippen molar-refractivity contribution in [3.63, 3.8) is 0 Å². The van der Waals surface area contributed by atoms with Crippen LogP contribution in [0.5, 0.6) is 0 Å². The van der Waals surface area contributed by atoms with Gasteiger partial charge in [-0.25, -0.2) is 4.98 Å². The molecule has 1 saturated heterocycles. The summed E-state index contributed by atoms with van der Waals surface area (Å²) in [4.78, 5) is 4.36. The van der Waals surface area contributed by atoms with Crippen LogP contribution in [0.15, 0.2) is 29.0 Å². The number of aromatic nitrogens is 1. The molecule has 1 N–H and O–H groups in total. The lowest BCUT2D eigenvalue weighted by molar-refractivity contribution is 0.0904. The quantitative estimate of drug-likeness (QED) is 0.840. The van der Waals surface area contributed by atoms with Crippen molar-refractivity contribution in [1.29, 1.82) is 0 Å². The number of pyridine rings is 1. The minimum absolute atomic E-state index is 0.460. The molecule has 0 aliphatic carbocycles. The van der Waals surface area contributed by atoms with Gasteiger partial charge in [-0.1, -0.05) is 0 Å². The second-order valence-corrected chi connectivity index (χ2v) is 4.02. The van der Waals surface area contributed by atoms with Crippen LogP contribution in [0.4, 0.5) is 5.82 Å². The van der Waals surface area contributed by atoms with E-state index >= 15 is 0 Å². The summed E-state index contributed by atoms with van der Waals surface area (Å²) in [6.07, 6.45) is 5.54. The second-order valence-electron chi connectivity index (χ2n) is 4.02. The molecule has 0 unspecified atom stereocenters. The van der Waals surface area contributed by atoms with E-state index in [9.17, 15) is 0 Å². The molecule has 3 heterocycles. The largest absolute Gasteiger partial charge is 0.464 e. The van der Waals surface area contributed by atoms with Crippen LogP contribution in [-0.4, -0.2) is 24.2 Å². The van der Waals surface area contributed by atoms with Crippen molar-refractivity contribution in [1.82, 2.24) is 4.98 Å². The molecule has 0 aromatic carbocycles. The Morgan fingerprint density at radius 2 is 2.12 bits per heavy atom. The lowest BCUT2D eigenvalue weighted by Crippen LogP contribution is -2.28. The van der Waals surface area contributed by atoms with Gasteiger partial charge in [0.25, 0.3) is 0 Å². The van der Waals surface area contributed by atoms with Crippen LogP contribution >= 0.6 is 0 Å². The van der Waals surface area contributed by atoms with Crippen LogP contribution in [0.3, 0.4) is 0 Å². The molecule has 0 radical (unpaired) electrons. The molecule has 1 aliphatic rings. The third-order valence-electron chi connectivity index (χ3n) is 2.94. The first-order chi connectivity index (χ1) is 7.93. The minimum Gasteiger partial charge on any atom is -0.464 e. The number of hydrogen-bond acceptors (Lipinski definition) is 4. The van der Waals surface area contributed by atoms with Gasteiger partial charge in [-0.15, -0.1) is 0 Å². The van der Waals surface area contributed by atoms with Crippen molar-refractivity contribution < 1.29 is 9.15 Å². The summed E-state index contributed by atoms with van der Waals surface area (Å²) in [5, 5.41) is 4.51. The maximum absolute atomic E-state index is 5.34. The Bertz CT molecular complexity index is 475. The van der Waals surface area contributed by atoms with Crippen molar-refractivity contribution in [3.05, 3.63) is 24.6 Å². The van der Waals surface area contributed by atoms with E-state index in [2.05, 4.69) is 10.3 Å². The number of rotatable bonds is 2. The number of hydrogen-bond donors (Lipinski definition) is 1. The van der Waals surface area contributed by atoms with Gasteiger partial charge in [0.2, 0.25) is 0 Å². The standard InChI is InChI=1S/C12H14N2O2/c1-5-13-12(10-4-8-16-11(1)10)14-9-2-6-15-7-3-9/h1,4-5,8-9H,2-3,6-7H2,(H,13,14). The van der Waals surface area contributed by atoms with E-state index in [0.717, 1.165) is 42.8 Å². The first kappa shape index (κ1) is 9.66. The third kappa shape index (κ3) is 1.76. The second kappa shape index (κ2) is 4.14. The fourth-order valence-electron chi connectivity index (χ4n) is 2.05. The van der Waals surface area contributed by atoms with Gasteiger partial charge in [-0.2, -0.15) is 0 Å². The van der Waals surface area contributed by atoms with Crippen molar-refractivity contribution in [3.8, 4) is 0 Å². The Labute approximate surface area is 93.6 Å². The maximum atomic E-state index is 5.34. The van der Waals surface area contributed by atoms with Gasteiger partial charge in [-0.05, 0) is 25.0 Å². The molecule has 84 valence electrons. The van der Waals surface area contributed by atoms with Crippen molar-refractivity contribution >= 4 is 16.8 Å². The lowest BCUT2D eigenvalue weighted by atomic mass is 10.1. The van der Waals surface area contributed by atoms with Crippen LogP contribution in [-0.2, 0) is 4.74 Å². The summed E-state index contributed by atoms with van der Waals surface area (Å²) >= 11 is 0. The number of furan rings is 1. The van der Waals surface area contributed by atoms with Crippen LogP contribution < -0.4 is 5.32 Å². The Morgan fingerprint density at radius 1 is 1.25 bits per heavy atom. The molecular formula is C12H14N2O2. The van der Waals surface area contributed by atoms with E-state index in [0.29, 0.717) is 6.04 Å². The molecule has 0 atom stereocenters. The zero-order valence-electron chi connectivity index (χ0n) is 8.98. The fraction of sp³-hybridized carbons (Fsp3) is 0.417. The highest BCUT2D eigenvalue weighted by molar-refractivity contribution is 5.87. The zero-order chi connectivity index (χ0) is 10.8. The topological polar surface area (TPSA) is 47.3 Å². The molecule has 4 heteroatoms. The first-order valence-corrected chi connectivity index (χ1v) is 5.60. The molecule has 2 aromatic rings. The predicted molar refractivity (Wildman–Crippen MR) is 61.5 cm³/mol. The van der Waals surface area contributed by atoms with Gasteiger partial charge < -0.3 is 14.5 Å². The Morgan fingerprint density at radius 3 is 3.00 bits per heavy atom. The Hall–Kier alpha value is -1.55. The SMILES string of the molecule is c1cc2occc2c(NC2CCOCC2)n1. The zero-order valence-corrected chi connectivity index (χ0v) is 8.98. The van der Waals surface area contributed by atoms with Crippen LogP contribution in [0, 0.1) is 0 Å². The summed E-state index contributed by atoms with van der Waals surface area (Å²) in [7, 11) is 0. The highest BCUT2D eigenvalue weighted by atomic mass is 16.5. The van der Waals surface area contributed by atoms with Crippen molar-refractivity contribution in [2.45, 2.75) is 18.9 Å². The number of ether oxygens (including phenoxy) is 1. The van der Waals surface area contributed by atoms with Crippen molar-refractivity contribution in [2.24, 2.45) is 0 Å². The molecule has 4 nitrogen and oxygen atoms in total. The predicted octanol–water partition coefficient (Wildman–Crippen LogP) is 2.42. The summed E-state index contributed by atoms with van der Waals surface area (Å²) in [5.41, 5.74) is 0.879. The molecule has 2 aromatic heterocycles. The van der Waals surface area contributed by atoms with E-state index in [1.165, 1.54) is 0 Å². The molecule has 16 heavy (non-hydrogen) atoms. The van der Waals surface area contributed by atoms with Gasteiger partial charge >= 0.3 is 0 Å². The average molecular weight is 218 g/mol. The minimum atomic E-state index is 0.460. The highest BCUT2D eigenvalue weighted by Gasteiger charge is 2.15. The van der Waals surface area contributed by atoms with Crippen LogP contribution in [0.1, 0.15) is 12.8 Å². The summed E-state index contributed by atoms with van der Waals surface area (Å²) in [6, 6.07) is 4.29. The highest BCUT2D eigenvalue weighted by Crippen LogP contribution is 2.23. The Kier molecular flexibility index (Phi) is 2.50. The number of nitrogens with one attached hydrogen (secondary N) is 1.